The number of oxazole rings is 1. The second kappa shape index (κ2) is 9.96. The molecule has 1 aliphatic rings. The first kappa shape index (κ1) is 25.7. The highest BCUT2D eigenvalue weighted by Crippen LogP contribution is 2.34. The number of aryl methyl sites for hydroxylation is 1. The van der Waals surface area contributed by atoms with Gasteiger partial charge in [0.05, 0.1) is 53.3 Å². The molecule has 0 unspecified atom stereocenters. The Labute approximate surface area is 214 Å². The lowest BCUT2D eigenvalue weighted by atomic mass is 9.27. The molecule has 1 amide bonds. The summed E-state index contributed by atoms with van der Waals surface area (Å²) in [5, 5.41) is 9.38. The van der Waals surface area contributed by atoms with Crippen LogP contribution in [0.3, 0.4) is 0 Å². The number of carbonyl (C=O) groups is 1. The van der Waals surface area contributed by atoms with Crippen LogP contribution in [0.15, 0.2) is 41.1 Å². The van der Waals surface area contributed by atoms with E-state index in [1.807, 2.05) is 31.2 Å². The van der Waals surface area contributed by atoms with Crippen LogP contribution in [0, 0.1) is 12.8 Å². The van der Waals surface area contributed by atoms with Crippen molar-refractivity contribution >= 4 is 69.6 Å². The number of rotatable bonds is 7. The summed E-state index contributed by atoms with van der Waals surface area (Å²) in [5.74, 6) is 2.06. The van der Waals surface area contributed by atoms with Crippen LogP contribution in [-0.2, 0) is 4.79 Å². The van der Waals surface area contributed by atoms with Gasteiger partial charge in [-0.2, -0.15) is 0 Å². The molecule has 3 aromatic rings. The van der Waals surface area contributed by atoms with Crippen molar-refractivity contribution in [1.82, 2.24) is 15.3 Å². The van der Waals surface area contributed by atoms with Crippen LogP contribution in [0.2, 0.25) is 10.2 Å². The molecule has 0 saturated heterocycles. The summed E-state index contributed by atoms with van der Waals surface area (Å²) < 4.78 is 5.66. The predicted molar refractivity (Wildman–Crippen MR) is 160 cm³/mol. The van der Waals surface area contributed by atoms with E-state index in [-0.39, 0.29) is 22.1 Å². The largest absolute Gasteiger partial charge is 0.441 e. The number of hydrogen-bond donors (Lipinski definition) is 2. The molecule has 176 valence electrons. The third kappa shape index (κ3) is 6.27. The van der Waals surface area contributed by atoms with Gasteiger partial charge in [0.15, 0.2) is 11.7 Å². The molecule has 1 aliphatic carbocycles. The van der Waals surface area contributed by atoms with Crippen molar-refractivity contribution in [1.29, 1.82) is 0 Å². The van der Waals surface area contributed by atoms with Crippen molar-refractivity contribution in [2.45, 2.75) is 54.9 Å². The average molecular weight is 463 g/mol. The second-order valence-corrected chi connectivity index (χ2v) is 12.2. The first-order valence-corrected chi connectivity index (χ1v) is 12.8. The van der Waals surface area contributed by atoms with Crippen molar-refractivity contribution in [2.24, 2.45) is 5.92 Å². The third-order valence-corrected chi connectivity index (χ3v) is 7.11. The predicted octanol–water partition coefficient (Wildman–Crippen LogP) is -1.40. The maximum Gasteiger partial charge on any atom is 0.228 e. The van der Waals surface area contributed by atoms with Gasteiger partial charge in [-0.25, -0.2) is 9.97 Å². The summed E-state index contributed by atoms with van der Waals surface area (Å²) in [4.78, 5) is 21.7. The Morgan fingerprint density at radius 1 is 0.971 bits per heavy atom. The van der Waals surface area contributed by atoms with E-state index in [0.717, 1.165) is 47.8 Å². The van der Waals surface area contributed by atoms with Crippen LogP contribution in [0.4, 0.5) is 5.82 Å². The Bertz CT molecular complexity index is 1180. The summed E-state index contributed by atoms with van der Waals surface area (Å²) in [6, 6.07) is 8.86. The van der Waals surface area contributed by atoms with Gasteiger partial charge in [0.25, 0.3) is 0 Å². The lowest BCUT2D eigenvalue weighted by molar-refractivity contribution is -0.120. The molecule has 12 heteroatoms. The quantitative estimate of drug-likeness (QED) is 0.422. The fraction of sp³-hybridized carbons (Fsp3) is 0.435. The van der Waals surface area contributed by atoms with Gasteiger partial charge in [-0.05, 0) is 49.2 Å². The first-order valence-electron chi connectivity index (χ1n) is 12.8. The number of fused-ring (bicyclic) bond motifs is 1. The Hall–Kier alpha value is -2.34. The summed E-state index contributed by atoms with van der Waals surface area (Å²) in [5.41, 5.74) is 0.955. The Balaban J connectivity index is 1.38. The van der Waals surface area contributed by atoms with E-state index >= 15 is 0 Å². The lowest BCUT2D eigenvalue weighted by Crippen LogP contribution is -2.55. The molecule has 0 radical (unpaired) electrons. The van der Waals surface area contributed by atoms with Gasteiger partial charge in [0.1, 0.15) is 5.82 Å². The highest BCUT2D eigenvalue weighted by Gasteiger charge is 2.36. The minimum atomic E-state index is 0.0248. The number of nitrogens with zero attached hydrogens (tertiary/aromatic N) is 2. The number of amides is 1. The molecule has 2 N–H and O–H groups in total. The number of benzene rings is 1. The van der Waals surface area contributed by atoms with E-state index in [4.69, 9.17) is 4.42 Å². The van der Waals surface area contributed by atoms with Crippen LogP contribution in [0.1, 0.15) is 31.6 Å². The van der Waals surface area contributed by atoms with Crippen molar-refractivity contribution in [3.8, 4) is 11.3 Å². The molecule has 6 nitrogen and oxygen atoms in total. The molecule has 1 aromatic carbocycles. The molecule has 4 rings (SSSR count). The Kier molecular flexibility index (Phi) is 7.33. The Morgan fingerprint density at radius 2 is 1.66 bits per heavy atom. The maximum atomic E-state index is 13.0. The normalized spacial score (nSPS) is 19.1. The van der Waals surface area contributed by atoms with Crippen LogP contribution in [0.5, 0.6) is 0 Å². The molecule has 35 heavy (non-hydrogen) atoms. The zero-order valence-corrected chi connectivity index (χ0v) is 22.2. The van der Waals surface area contributed by atoms with Crippen LogP contribution in [-0.4, -0.2) is 75.0 Å². The number of carbonyl (C=O) groups excluding carboxylic acids is 1. The SMILES string of the molecule is BC(B)(B)C(N[C@H]1CC[C@H](C(=O)Nc2cc3cc(-c4cnc(C)o4)ccc3cn2)CC1)C(B)(B)B. The van der Waals surface area contributed by atoms with E-state index < -0.39 is 0 Å². The average Bonchev–Trinajstić information content (AvgIpc) is 3.22. The van der Waals surface area contributed by atoms with Gasteiger partial charge in [-0.3, -0.25) is 4.79 Å². The van der Waals surface area contributed by atoms with Crippen LogP contribution in [0.25, 0.3) is 22.1 Å². The van der Waals surface area contributed by atoms with E-state index in [0.29, 0.717) is 23.8 Å². The molecular weight excluding hydrogens is 429 g/mol. The number of hydrogen-bond acceptors (Lipinski definition) is 5. The third-order valence-electron chi connectivity index (χ3n) is 7.11. The molecule has 0 aliphatic heterocycles. The first-order chi connectivity index (χ1) is 16.4. The molecule has 0 bridgehead atoms. The van der Waals surface area contributed by atoms with Crippen molar-refractivity contribution < 1.29 is 9.21 Å². The molecule has 0 spiro atoms. The van der Waals surface area contributed by atoms with E-state index in [9.17, 15) is 4.79 Å². The summed E-state index contributed by atoms with van der Waals surface area (Å²) in [6.07, 6.45) is 7.37. The van der Waals surface area contributed by atoms with Gasteiger partial charge in [0.2, 0.25) is 5.91 Å². The molecule has 1 saturated carbocycles. The minimum absolute atomic E-state index is 0.0248. The van der Waals surface area contributed by atoms with Gasteiger partial charge >= 0.3 is 0 Å². The van der Waals surface area contributed by atoms with Gasteiger partial charge in [0, 0.05) is 36.0 Å². The second-order valence-electron chi connectivity index (χ2n) is 12.2. The number of pyridine rings is 1. The van der Waals surface area contributed by atoms with E-state index in [1.54, 1.807) is 12.4 Å². The topological polar surface area (TPSA) is 80.0 Å². The summed E-state index contributed by atoms with van der Waals surface area (Å²) >= 11 is 0. The van der Waals surface area contributed by atoms with Crippen LogP contribution < -0.4 is 10.6 Å². The monoisotopic (exact) mass is 464 g/mol. The number of nitrogens with one attached hydrogen (secondary N) is 2. The standard InChI is InChI=1S/C23H34B6N4O2/c1-12-30-11-18(35-12)14-2-3-15-10-31-19(9-16(15)8-14)33-20(34)13-4-6-17(7-5-13)32-21(22(24,25)26)23(27,28)29/h2-3,8-11,13,17,21,32H,4-7,24-29H2,1H3,(H,31,33,34)/t13-,17-. The molecule has 2 heterocycles. The molecule has 0 atom stereocenters. The smallest absolute Gasteiger partial charge is 0.228 e. The fourth-order valence-electron chi connectivity index (χ4n) is 5.64. The highest BCUT2D eigenvalue weighted by molar-refractivity contribution is 6.64. The maximum absolute atomic E-state index is 13.0. The van der Waals surface area contributed by atoms with Gasteiger partial charge in [-0.1, -0.05) is 22.4 Å². The molecule has 1 fully saturated rings. The van der Waals surface area contributed by atoms with Crippen molar-refractivity contribution in [3.05, 3.63) is 42.5 Å². The van der Waals surface area contributed by atoms with Gasteiger partial charge in [-0.15, -0.1) is 0 Å². The zero-order chi connectivity index (χ0) is 25.4. The molecule has 2 aromatic heterocycles. The van der Waals surface area contributed by atoms with E-state index in [1.165, 1.54) is 0 Å². The number of aromatic nitrogens is 2. The van der Waals surface area contributed by atoms with E-state index in [2.05, 4.69) is 67.7 Å². The zero-order valence-electron chi connectivity index (χ0n) is 22.2. The van der Waals surface area contributed by atoms with Crippen LogP contribution >= 0.6 is 0 Å². The lowest BCUT2D eigenvalue weighted by Gasteiger charge is -2.45. The number of anilines is 1. The van der Waals surface area contributed by atoms with Gasteiger partial charge < -0.3 is 15.1 Å². The summed E-state index contributed by atoms with van der Waals surface area (Å²) in [6.45, 7) is 1.83. The fourth-order valence-corrected chi connectivity index (χ4v) is 5.64. The highest BCUT2D eigenvalue weighted by atomic mass is 16.4. The molecular formula is C23H34B6N4O2. The van der Waals surface area contributed by atoms with Crippen molar-refractivity contribution in [3.63, 3.8) is 0 Å². The summed E-state index contributed by atoms with van der Waals surface area (Å²) in [7, 11) is 13.8. The van der Waals surface area contributed by atoms with Crippen molar-refractivity contribution in [2.75, 3.05) is 5.32 Å². The minimum Gasteiger partial charge on any atom is -0.441 e. The Morgan fingerprint density at radius 3 is 2.26 bits per heavy atom.